The minimum atomic E-state index is -0.862. The van der Waals surface area contributed by atoms with Crippen LogP contribution in [0.5, 0.6) is 0 Å². The molecule has 2 N–H and O–H groups in total. The van der Waals surface area contributed by atoms with Gasteiger partial charge in [-0.2, -0.15) is 0 Å². The molecule has 0 spiro atoms. The number of fused-ring (bicyclic) bond motifs is 1. The predicted octanol–water partition coefficient (Wildman–Crippen LogP) is 3.51. The molecule has 4 rings (SSSR count). The molecule has 8 nitrogen and oxygen atoms in total. The Morgan fingerprint density at radius 3 is 2.62 bits per heavy atom. The largest absolute Gasteiger partial charge is 0.346 e. The zero-order valence-electron chi connectivity index (χ0n) is 17.2. The van der Waals surface area contributed by atoms with Gasteiger partial charge in [-0.1, -0.05) is 36.4 Å². The maximum atomic E-state index is 12.4. The van der Waals surface area contributed by atoms with E-state index >= 15 is 0 Å². The Kier molecular flexibility index (Phi) is 6.58. The minimum Gasteiger partial charge on any atom is -0.346 e. The SMILES string of the molecule is O=C(NCC(c1cccs1)N1CCc2ccccc2C1)C(=O)Nc1cccc([N+](=O)[O-])c1. The van der Waals surface area contributed by atoms with E-state index in [0.717, 1.165) is 24.4 Å². The quantitative estimate of drug-likeness (QED) is 0.340. The normalized spacial score (nSPS) is 14.2. The number of nitro groups is 1. The van der Waals surface area contributed by atoms with Crippen molar-refractivity contribution in [1.82, 2.24) is 10.2 Å². The fraction of sp³-hybridized carbons (Fsp3) is 0.217. The highest BCUT2D eigenvalue weighted by molar-refractivity contribution is 7.10. The van der Waals surface area contributed by atoms with Crippen molar-refractivity contribution in [3.8, 4) is 0 Å². The molecule has 0 fully saturated rings. The molecule has 0 bridgehead atoms. The summed E-state index contributed by atoms with van der Waals surface area (Å²) in [6.45, 7) is 1.91. The van der Waals surface area contributed by atoms with Gasteiger partial charge in [-0.3, -0.25) is 24.6 Å². The fourth-order valence-corrected chi connectivity index (χ4v) is 4.69. The first kappa shape index (κ1) is 21.7. The van der Waals surface area contributed by atoms with Crippen molar-refractivity contribution in [3.63, 3.8) is 0 Å². The molecule has 1 aliphatic rings. The Morgan fingerprint density at radius 1 is 1.06 bits per heavy atom. The van der Waals surface area contributed by atoms with E-state index in [4.69, 9.17) is 0 Å². The van der Waals surface area contributed by atoms with Crippen LogP contribution in [-0.2, 0) is 22.6 Å². The average molecular weight is 451 g/mol. The van der Waals surface area contributed by atoms with Gasteiger partial charge in [0.15, 0.2) is 0 Å². The fourth-order valence-electron chi connectivity index (χ4n) is 3.83. The van der Waals surface area contributed by atoms with Crippen LogP contribution >= 0.6 is 11.3 Å². The monoisotopic (exact) mass is 450 g/mol. The Labute approximate surface area is 189 Å². The van der Waals surface area contributed by atoms with Crippen molar-refractivity contribution < 1.29 is 14.5 Å². The summed E-state index contributed by atoms with van der Waals surface area (Å²) in [4.78, 5) is 38.5. The van der Waals surface area contributed by atoms with Gasteiger partial charge in [-0.25, -0.2) is 0 Å². The average Bonchev–Trinajstić information content (AvgIpc) is 3.33. The van der Waals surface area contributed by atoms with Crippen LogP contribution in [0.2, 0.25) is 0 Å². The number of amides is 2. The number of anilines is 1. The number of carbonyl (C=O) groups excluding carboxylic acids is 2. The molecule has 0 radical (unpaired) electrons. The van der Waals surface area contributed by atoms with E-state index in [0.29, 0.717) is 0 Å². The van der Waals surface area contributed by atoms with Crippen molar-refractivity contribution in [2.24, 2.45) is 0 Å². The highest BCUT2D eigenvalue weighted by Gasteiger charge is 2.27. The molecular weight excluding hydrogens is 428 g/mol. The zero-order chi connectivity index (χ0) is 22.5. The third-order valence-corrected chi connectivity index (χ3v) is 6.42. The molecule has 1 unspecified atom stereocenters. The van der Waals surface area contributed by atoms with Gasteiger partial charge in [0, 0.05) is 42.3 Å². The van der Waals surface area contributed by atoms with Crippen LogP contribution in [0, 0.1) is 10.1 Å². The second kappa shape index (κ2) is 9.71. The molecule has 0 aliphatic carbocycles. The van der Waals surface area contributed by atoms with Crippen LogP contribution in [0.3, 0.4) is 0 Å². The summed E-state index contributed by atoms with van der Waals surface area (Å²) < 4.78 is 0. The van der Waals surface area contributed by atoms with Crippen LogP contribution in [0.15, 0.2) is 66.0 Å². The van der Waals surface area contributed by atoms with Crippen LogP contribution < -0.4 is 10.6 Å². The van der Waals surface area contributed by atoms with E-state index in [1.807, 2.05) is 29.6 Å². The Hall–Kier alpha value is -3.56. The molecule has 164 valence electrons. The van der Waals surface area contributed by atoms with E-state index in [2.05, 4.69) is 27.7 Å². The van der Waals surface area contributed by atoms with Gasteiger partial charge in [0.05, 0.1) is 11.0 Å². The van der Waals surface area contributed by atoms with Crippen molar-refractivity contribution in [3.05, 3.63) is 92.2 Å². The summed E-state index contributed by atoms with van der Waals surface area (Å²) in [6.07, 6.45) is 0.930. The second-order valence-electron chi connectivity index (χ2n) is 7.49. The first-order valence-electron chi connectivity index (χ1n) is 10.2. The van der Waals surface area contributed by atoms with Gasteiger partial charge in [-0.15, -0.1) is 11.3 Å². The van der Waals surface area contributed by atoms with E-state index < -0.39 is 16.7 Å². The zero-order valence-corrected chi connectivity index (χ0v) is 18.0. The number of nitro benzene ring substituents is 1. The third kappa shape index (κ3) is 5.01. The summed E-state index contributed by atoms with van der Waals surface area (Å²) in [7, 11) is 0. The van der Waals surface area contributed by atoms with Crippen molar-refractivity contribution in [1.29, 1.82) is 0 Å². The van der Waals surface area contributed by atoms with E-state index in [9.17, 15) is 19.7 Å². The molecule has 3 aromatic rings. The number of hydrogen-bond donors (Lipinski definition) is 2. The first-order valence-corrected chi connectivity index (χ1v) is 11.1. The van der Waals surface area contributed by atoms with Gasteiger partial charge in [0.1, 0.15) is 0 Å². The molecule has 1 atom stereocenters. The maximum absolute atomic E-state index is 12.4. The number of benzene rings is 2. The van der Waals surface area contributed by atoms with Gasteiger partial charge in [0.25, 0.3) is 5.69 Å². The molecule has 2 aromatic carbocycles. The van der Waals surface area contributed by atoms with Crippen LogP contribution in [-0.4, -0.2) is 34.7 Å². The number of hydrogen-bond acceptors (Lipinski definition) is 6. The number of carbonyl (C=O) groups is 2. The molecule has 1 aliphatic heterocycles. The van der Waals surface area contributed by atoms with Gasteiger partial charge in [-0.05, 0) is 35.1 Å². The Morgan fingerprint density at radius 2 is 1.88 bits per heavy atom. The highest BCUT2D eigenvalue weighted by Crippen LogP contribution is 2.30. The lowest BCUT2D eigenvalue weighted by Gasteiger charge is -2.35. The second-order valence-corrected chi connectivity index (χ2v) is 8.47. The molecule has 2 heterocycles. The standard InChI is InChI=1S/C23H22N4O4S/c28-22(23(29)25-18-7-3-8-19(13-18)27(30)31)24-14-20(21-9-4-12-32-21)26-11-10-16-5-1-2-6-17(16)15-26/h1-9,12-13,20H,10-11,14-15H2,(H,24,28)(H,25,29). The maximum Gasteiger partial charge on any atom is 0.313 e. The van der Waals surface area contributed by atoms with E-state index in [-0.39, 0.29) is 24.0 Å². The molecule has 32 heavy (non-hydrogen) atoms. The number of non-ortho nitro benzene ring substituents is 1. The molecule has 2 amide bonds. The van der Waals surface area contributed by atoms with Gasteiger partial charge < -0.3 is 10.6 Å². The van der Waals surface area contributed by atoms with Crippen LogP contribution in [0.1, 0.15) is 22.0 Å². The highest BCUT2D eigenvalue weighted by atomic mass is 32.1. The lowest BCUT2D eigenvalue weighted by molar-refractivity contribution is -0.384. The minimum absolute atomic E-state index is 0.0575. The summed E-state index contributed by atoms with van der Waals surface area (Å²) >= 11 is 1.62. The Bertz CT molecular complexity index is 1130. The molecule has 0 saturated carbocycles. The van der Waals surface area contributed by atoms with Crippen LogP contribution in [0.4, 0.5) is 11.4 Å². The van der Waals surface area contributed by atoms with Crippen molar-refractivity contribution in [2.75, 3.05) is 18.4 Å². The lowest BCUT2D eigenvalue weighted by Crippen LogP contribution is -2.43. The molecule has 1 aromatic heterocycles. The smallest absolute Gasteiger partial charge is 0.313 e. The number of nitrogens with one attached hydrogen (secondary N) is 2. The van der Waals surface area contributed by atoms with Crippen molar-refractivity contribution in [2.45, 2.75) is 19.0 Å². The topological polar surface area (TPSA) is 105 Å². The number of thiophene rings is 1. The van der Waals surface area contributed by atoms with E-state index in [1.54, 1.807) is 11.3 Å². The summed E-state index contributed by atoms with van der Waals surface area (Å²) in [5.74, 6) is -1.64. The molecular formula is C23H22N4O4S. The summed E-state index contributed by atoms with van der Waals surface area (Å²) in [6, 6.07) is 17.8. The van der Waals surface area contributed by atoms with Gasteiger partial charge in [0.2, 0.25) is 0 Å². The molecule has 0 saturated heterocycles. The summed E-state index contributed by atoms with van der Waals surface area (Å²) in [5.41, 5.74) is 2.65. The van der Waals surface area contributed by atoms with Crippen molar-refractivity contribution >= 4 is 34.5 Å². The number of rotatable bonds is 6. The Balaban J connectivity index is 1.41. The molecule has 9 heteroatoms. The van der Waals surface area contributed by atoms with Gasteiger partial charge >= 0.3 is 11.8 Å². The summed E-state index contributed by atoms with van der Waals surface area (Å²) in [5, 5.41) is 18.0. The lowest BCUT2D eigenvalue weighted by atomic mass is 9.98. The number of nitrogens with zero attached hydrogens (tertiary/aromatic N) is 2. The predicted molar refractivity (Wildman–Crippen MR) is 122 cm³/mol. The first-order chi connectivity index (χ1) is 15.5. The third-order valence-electron chi connectivity index (χ3n) is 5.45. The van der Waals surface area contributed by atoms with E-state index in [1.165, 1.54) is 35.4 Å². The van der Waals surface area contributed by atoms with Crippen LogP contribution in [0.25, 0.3) is 0 Å².